The highest BCUT2D eigenvalue weighted by Gasteiger charge is 2.50. The Balaban J connectivity index is 2.00. The van der Waals surface area contributed by atoms with Crippen molar-refractivity contribution in [1.82, 2.24) is 10.2 Å². The second kappa shape index (κ2) is 5.87. The Morgan fingerprint density at radius 2 is 2.04 bits per heavy atom. The monoisotopic (exact) mass is 327 g/mol. The first-order chi connectivity index (χ1) is 11.4. The van der Waals surface area contributed by atoms with Gasteiger partial charge in [0.05, 0.1) is 23.4 Å². The van der Waals surface area contributed by atoms with Crippen LogP contribution in [0, 0.1) is 13.8 Å². The number of Topliss-reactive ketones (excluding diaryl/α,β-unsaturated/α-hetero) is 1. The van der Waals surface area contributed by atoms with Gasteiger partial charge in [-0.1, -0.05) is 25.1 Å². The fraction of sp³-hybridized carbons (Fsp3) is 0.389. The molecule has 1 aliphatic rings. The summed E-state index contributed by atoms with van der Waals surface area (Å²) < 4.78 is 0. The van der Waals surface area contributed by atoms with Gasteiger partial charge in [-0.05, 0) is 26.3 Å². The van der Waals surface area contributed by atoms with Crippen molar-refractivity contribution < 1.29 is 14.7 Å². The second-order valence-electron chi connectivity index (χ2n) is 6.24. The first-order valence-corrected chi connectivity index (χ1v) is 8.08. The number of H-pyrrole nitrogens is 1. The number of anilines is 1. The summed E-state index contributed by atoms with van der Waals surface area (Å²) in [6, 6.07) is 7.11. The highest BCUT2D eigenvalue weighted by molar-refractivity contribution is 6.11. The molecule has 6 heteroatoms. The number of para-hydroxylation sites is 1. The van der Waals surface area contributed by atoms with Crippen molar-refractivity contribution in [2.24, 2.45) is 0 Å². The van der Waals surface area contributed by atoms with E-state index in [1.807, 2.05) is 13.0 Å². The van der Waals surface area contributed by atoms with E-state index in [1.54, 1.807) is 36.9 Å². The molecule has 24 heavy (non-hydrogen) atoms. The van der Waals surface area contributed by atoms with Gasteiger partial charge in [-0.15, -0.1) is 0 Å². The summed E-state index contributed by atoms with van der Waals surface area (Å²) in [7, 11) is 0. The third-order valence-electron chi connectivity index (χ3n) is 4.51. The fourth-order valence-electron chi connectivity index (χ4n) is 3.41. The number of amides is 1. The Morgan fingerprint density at radius 1 is 1.33 bits per heavy atom. The number of hydrogen-bond acceptors (Lipinski definition) is 4. The molecule has 0 aliphatic carbocycles. The summed E-state index contributed by atoms with van der Waals surface area (Å²) in [5.74, 6) is -0.722. The number of rotatable bonds is 5. The quantitative estimate of drug-likeness (QED) is 0.825. The Labute approximate surface area is 140 Å². The topological polar surface area (TPSA) is 86.3 Å². The molecule has 2 N–H and O–H groups in total. The van der Waals surface area contributed by atoms with E-state index in [0.717, 1.165) is 6.42 Å². The first kappa shape index (κ1) is 16.4. The van der Waals surface area contributed by atoms with E-state index in [4.69, 9.17) is 0 Å². The van der Waals surface area contributed by atoms with Crippen LogP contribution in [0.15, 0.2) is 24.3 Å². The van der Waals surface area contributed by atoms with E-state index < -0.39 is 11.5 Å². The normalized spacial score (nSPS) is 19.7. The number of aliphatic hydroxyl groups is 1. The number of carbonyl (C=O) groups is 2. The van der Waals surface area contributed by atoms with Gasteiger partial charge in [0.2, 0.25) is 0 Å². The Bertz CT molecular complexity index is 792. The first-order valence-electron chi connectivity index (χ1n) is 8.08. The molecule has 0 unspecified atom stereocenters. The zero-order chi connectivity index (χ0) is 17.5. The van der Waals surface area contributed by atoms with Crippen LogP contribution in [-0.2, 0) is 10.4 Å². The number of carbonyl (C=O) groups excluding carboxylic acids is 2. The zero-order valence-corrected chi connectivity index (χ0v) is 14.1. The maximum Gasteiger partial charge on any atom is 0.264 e. The summed E-state index contributed by atoms with van der Waals surface area (Å²) in [4.78, 5) is 27.2. The molecule has 0 fully saturated rings. The molecule has 1 atom stereocenters. The molecule has 2 aromatic rings. The van der Waals surface area contributed by atoms with Crippen LogP contribution in [0.5, 0.6) is 0 Å². The van der Waals surface area contributed by atoms with E-state index in [0.29, 0.717) is 34.7 Å². The summed E-state index contributed by atoms with van der Waals surface area (Å²) in [5.41, 5.74) is 1.02. The van der Waals surface area contributed by atoms with Crippen molar-refractivity contribution in [2.45, 2.75) is 39.2 Å². The lowest BCUT2D eigenvalue weighted by Crippen LogP contribution is -2.42. The maximum absolute atomic E-state index is 12.8. The predicted molar refractivity (Wildman–Crippen MR) is 90.0 cm³/mol. The zero-order valence-electron chi connectivity index (χ0n) is 14.1. The number of nitrogens with zero attached hydrogens (tertiary/aromatic N) is 2. The van der Waals surface area contributed by atoms with E-state index in [2.05, 4.69) is 10.2 Å². The average molecular weight is 327 g/mol. The van der Waals surface area contributed by atoms with Crippen LogP contribution < -0.4 is 4.90 Å². The number of ketones is 1. The summed E-state index contributed by atoms with van der Waals surface area (Å²) in [5, 5.41) is 17.9. The molecule has 0 spiro atoms. The van der Waals surface area contributed by atoms with Gasteiger partial charge in [-0.3, -0.25) is 14.7 Å². The molecule has 0 radical (unpaired) electrons. The van der Waals surface area contributed by atoms with Crippen LogP contribution in [0.3, 0.4) is 0 Å². The number of fused-ring (bicyclic) bond motifs is 1. The Kier molecular flexibility index (Phi) is 4.01. The molecule has 0 saturated carbocycles. The van der Waals surface area contributed by atoms with Gasteiger partial charge in [0, 0.05) is 17.8 Å². The van der Waals surface area contributed by atoms with E-state index in [1.165, 1.54) is 0 Å². The molecule has 3 rings (SSSR count). The van der Waals surface area contributed by atoms with Crippen molar-refractivity contribution in [3.05, 3.63) is 46.8 Å². The lowest BCUT2D eigenvalue weighted by Gasteiger charge is -2.22. The summed E-state index contributed by atoms with van der Waals surface area (Å²) in [6.07, 6.45) is 0.480. The third-order valence-corrected chi connectivity index (χ3v) is 4.51. The molecule has 6 nitrogen and oxygen atoms in total. The lowest BCUT2D eigenvalue weighted by atomic mass is 9.87. The number of hydrogen-bond donors (Lipinski definition) is 2. The Hall–Kier alpha value is -2.47. The van der Waals surface area contributed by atoms with Crippen LogP contribution >= 0.6 is 0 Å². The second-order valence-corrected chi connectivity index (χ2v) is 6.24. The van der Waals surface area contributed by atoms with Crippen LogP contribution in [0.1, 0.15) is 47.1 Å². The van der Waals surface area contributed by atoms with Gasteiger partial charge >= 0.3 is 0 Å². The number of benzene rings is 1. The molecular formula is C18H21N3O3. The van der Waals surface area contributed by atoms with Gasteiger partial charge in [-0.2, -0.15) is 5.10 Å². The minimum atomic E-state index is -1.82. The highest BCUT2D eigenvalue weighted by atomic mass is 16.3. The molecule has 1 amide bonds. The molecular weight excluding hydrogens is 306 g/mol. The summed E-state index contributed by atoms with van der Waals surface area (Å²) >= 11 is 0. The highest BCUT2D eigenvalue weighted by Crippen LogP contribution is 2.43. The van der Waals surface area contributed by atoms with Crippen molar-refractivity contribution in [3.63, 3.8) is 0 Å². The van der Waals surface area contributed by atoms with Gasteiger partial charge in [0.1, 0.15) is 0 Å². The SMILES string of the molecule is CCCN1C(=O)[C@](O)(CC(=O)c2c(C)n[nH]c2C)c2ccccc21. The van der Waals surface area contributed by atoms with E-state index in [9.17, 15) is 14.7 Å². The molecule has 1 aromatic carbocycles. The van der Waals surface area contributed by atoms with Crippen molar-refractivity contribution in [1.29, 1.82) is 0 Å². The van der Waals surface area contributed by atoms with E-state index in [-0.39, 0.29) is 12.2 Å². The van der Waals surface area contributed by atoms with Gasteiger partial charge in [-0.25, -0.2) is 0 Å². The van der Waals surface area contributed by atoms with Gasteiger partial charge in [0.15, 0.2) is 11.4 Å². The average Bonchev–Trinajstić information content (AvgIpc) is 2.99. The fourth-order valence-corrected chi connectivity index (χ4v) is 3.41. The minimum absolute atomic E-state index is 0.287. The molecule has 2 heterocycles. The lowest BCUT2D eigenvalue weighted by molar-refractivity contribution is -0.135. The number of aromatic nitrogens is 2. The smallest absolute Gasteiger partial charge is 0.264 e. The number of aryl methyl sites for hydroxylation is 2. The van der Waals surface area contributed by atoms with Crippen LogP contribution in [0.2, 0.25) is 0 Å². The standard InChI is InChI=1S/C18H21N3O3/c1-4-9-21-14-8-6-5-7-13(14)18(24,17(21)23)10-15(22)16-11(2)19-20-12(16)3/h5-8,24H,4,9-10H2,1-3H3,(H,19,20)/t18-/m0/s1. The van der Waals surface area contributed by atoms with Crippen molar-refractivity contribution >= 4 is 17.4 Å². The molecule has 1 aromatic heterocycles. The van der Waals surface area contributed by atoms with Crippen molar-refractivity contribution in [2.75, 3.05) is 11.4 Å². The summed E-state index contributed by atoms with van der Waals surface area (Å²) in [6.45, 7) is 5.96. The third kappa shape index (κ3) is 2.34. The van der Waals surface area contributed by atoms with Crippen LogP contribution in [-0.4, -0.2) is 33.5 Å². The Morgan fingerprint density at radius 3 is 2.67 bits per heavy atom. The van der Waals surface area contributed by atoms with E-state index >= 15 is 0 Å². The van der Waals surface area contributed by atoms with Crippen LogP contribution in [0.25, 0.3) is 0 Å². The maximum atomic E-state index is 12.8. The van der Waals surface area contributed by atoms with Gasteiger partial charge < -0.3 is 10.0 Å². The molecule has 1 aliphatic heterocycles. The predicted octanol–water partition coefficient (Wildman–Crippen LogP) is 2.24. The molecule has 126 valence electrons. The van der Waals surface area contributed by atoms with Crippen molar-refractivity contribution in [3.8, 4) is 0 Å². The van der Waals surface area contributed by atoms with Gasteiger partial charge in [0.25, 0.3) is 5.91 Å². The van der Waals surface area contributed by atoms with Crippen LogP contribution in [0.4, 0.5) is 5.69 Å². The number of nitrogens with one attached hydrogen (secondary N) is 1. The minimum Gasteiger partial charge on any atom is -0.375 e. The number of aromatic amines is 1. The largest absolute Gasteiger partial charge is 0.375 e. The molecule has 0 bridgehead atoms. The molecule has 0 saturated heterocycles.